The normalized spacial score (nSPS) is 14.1. The number of ether oxygens (including phenoxy) is 1. The minimum atomic E-state index is -4.45. The van der Waals surface area contributed by atoms with E-state index >= 15 is 0 Å². The zero-order chi connectivity index (χ0) is 50.8. The third-order valence-corrected chi connectivity index (χ3v) is 13.7. The van der Waals surface area contributed by atoms with Crippen LogP contribution in [0.3, 0.4) is 0 Å². The molecule has 0 fully saturated rings. The predicted octanol–water partition coefficient (Wildman–Crippen LogP) is 17.3. The summed E-state index contributed by atoms with van der Waals surface area (Å²) in [5.41, 5.74) is 0. The van der Waals surface area contributed by atoms with E-state index in [2.05, 4.69) is 62.5 Å². The Morgan fingerprint density at radius 3 is 1.36 bits per heavy atom. The van der Waals surface area contributed by atoms with Crippen LogP contribution in [0.5, 0.6) is 0 Å². The molecule has 0 saturated heterocycles. The molecule has 10 heteroatoms. The van der Waals surface area contributed by atoms with Gasteiger partial charge in [-0.15, -0.1) is 0 Å². The van der Waals surface area contributed by atoms with Gasteiger partial charge in [0, 0.05) is 12.8 Å². The highest BCUT2D eigenvalue weighted by molar-refractivity contribution is 7.47. The number of carbonyl (C=O) groups is 2. The fraction of sp³-hybridized carbons (Fsp3) is 0.831. The second-order valence-electron chi connectivity index (χ2n) is 20.8. The smallest absolute Gasteiger partial charge is 0.456 e. The number of quaternary nitrogens is 1. The van der Waals surface area contributed by atoms with Gasteiger partial charge in [-0.1, -0.05) is 211 Å². The molecule has 3 atom stereocenters. The number of hydrogen-bond acceptors (Lipinski definition) is 6. The van der Waals surface area contributed by atoms with Crippen molar-refractivity contribution in [2.45, 2.75) is 277 Å². The standard InChI is InChI=1S/C59H111N2O7P/c1-7-10-13-16-19-22-25-28-30-31-32-33-36-39-42-45-48-51-58(62)60-56(55-67-69(64,65)66-54-53-61(4,5)6)57(50-47-44-41-38-35-27-24-21-18-15-12-9-3)68-59(63)52-49-46-43-40-37-34-29-26-23-20-17-14-11-8-2/h19,22,28,30,34,37,47,50,56-57H,7-18,20-21,23-27,29,31-33,35-36,38-46,48-49,51-55H2,1-6H3,(H-,60,62,64,65)/p+1/b22-19-,30-28-,37-34-,50-47+. The summed E-state index contributed by atoms with van der Waals surface area (Å²) in [5.74, 6) is -0.529. The van der Waals surface area contributed by atoms with Crippen molar-refractivity contribution < 1.29 is 37.3 Å². The molecule has 3 unspecified atom stereocenters. The van der Waals surface area contributed by atoms with Gasteiger partial charge in [0.05, 0.1) is 33.8 Å². The van der Waals surface area contributed by atoms with Gasteiger partial charge < -0.3 is 19.4 Å². The van der Waals surface area contributed by atoms with E-state index in [0.29, 0.717) is 23.9 Å². The Balaban J connectivity index is 5.37. The van der Waals surface area contributed by atoms with Gasteiger partial charge in [-0.2, -0.15) is 0 Å². The second-order valence-corrected chi connectivity index (χ2v) is 22.3. The maximum absolute atomic E-state index is 13.5. The number of esters is 1. The third kappa shape index (κ3) is 50.7. The van der Waals surface area contributed by atoms with E-state index in [1.807, 2.05) is 33.3 Å². The van der Waals surface area contributed by atoms with Gasteiger partial charge in [-0.25, -0.2) is 4.57 Å². The minimum Gasteiger partial charge on any atom is -0.456 e. The summed E-state index contributed by atoms with van der Waals surface area (Å²) in [6, 6.07) is -0.856. The number of unbranched alkanes of at least 4 members (excludes halogenated alkanes) is 30. The van der Waals surface area contributed by atoms with E-state index in [9.17, 15) is 19.0 Å². The van der Waals surface area contributed by atoms with Gasteiger partial charge in [0.25, 0.3) is 0 Å². The summed E-state index contributed by atoms with van der Waals surface area (Å²) in [6.45, 7) is 6.97. The Bertz CT molecular complexity index is 1330. The van der Waals surface area contributed by atoms with Crippen molar-refractivity contribution in [3.05, 3.63) is 48.6 Å². The van der Waals surface area contributed by atoms with E-state index in [-0.39, 0.29) is 31.5 Å². The van der Waals surface area contributed by atoms with Crippen LogP contribution in [0.1, 0.15) is 265 Å². The van der Waals surface area contributed by atoms with E-state index in [0.717, 1.165) is 83.5 Å². The summed E-state index contributed by atoms with van der Waals surface area (Å²) >= 11 is 0. The SMILES string of the molecule is CCCCC/C=C\C/C=C\CCCCCCCCCC(=O)NC(COP(=O)(O)OCC[N+](C)(C)C)C(/C=C/CCCCCCCCCCCC)OC(=O)CCCCC/C=C\CCCCCCCCC. The molecule has 9 nitrogen and oxygen atoms in total. The first-order valence-corrected chi connectivity index (χ1v) is 30.5. The maximum atomic E-state index is 13.5. The lowest BCUT2D eigenvalue weighted by molar-refractivity contribution is -0.870. The first-order chi connectivity index (χ1) is 33.4. The number of phosphoric ester groups is 1. The molecule has 0 aliphatic heterocycles. The van der Waals surface area contributed by atoms with Crippen LogP contribution < -0.4 is 5.32 Å². The molecule has 0 aromatic carbocycles. The van der Waals surface area contributed by atoms with Crippen LogP contribution in [0.15, 0.2) is 48.6 Å². The zero-order valence-corrected chi connectivity index (χ0v) is 47.0. The summed E-state index contributed by atoms with van der Waals surface area (Å²) in [5, 5.41) is 3.04. The first kappa shape index (κ1) is 67.0. The Labute approximate surface area is 427 Å². The Kier molecular flexibility index (Phi) is 48.1. The zero-order valence-electron chi connectivity index (χ0n) is 46.1. The molecule has 404 valence electrons. The molecular formula is C59H112N2O7P+. The van der Waals surface area contributed by atoms with E-state index in [1.165, 1.54) is 141 Å². The summed E-state index contributed by atoms with van der Waals surface area (Å²) in [7, 11) is 1.48. The molecule has 1 amide bonds. The van der Waals surface area contributed by atoms with Crippen LogP contribution in [-0.2, 0) is 27.9 Å². The van der Waals surface area contributed by atoms with Crippen molar-refractivity contribution >= 4 is 19.7 Å². The van der Waals surface area contributed by atoms with Crippen molar-refractivity contribution in [3.8, 4) is 0 Å². The van der Waals surface area contributed by atoms with Gasteiger partial charge in [-0.3, -0.25) is 18.6 Å². The monoisotopic (exact) mass is 992 g/mol. The lowest BCUT2D eigenvalue weighted by Crippen LogP contribution is -2.47. The van der Waals surface area contributed by atoms with E-state index < -0.39 is 20.0 Å². The number of hydrogen-bond donors (Lipinski definition) is 2. The maximum Gasteiger partial charge on any atom is 0.472 e. The molecule has 2 N–H and O–H groups in total. The largest absolute Gasteiger partial charge is 0.472 e. The van der Waals surface area contributed by atoms with Gasteiger partial charge >= 0.3 is 13.8 Å². The van der Waals surface area contributed by atoms with Gasteiger partial charge in [0.15, 0.2) is 0 Å². The number of likely N-dealkylation sites (N-methyl/N-ethyl adjacent to an activating group) is 1. The van der Waals surface area contributed by atoms with Crippen LogP contribution in [0, 0.1) is 0 Å². The van der Waals surface area contributed by atoms with Crippen molar-refractivity contribution in [2.24, 2.45) is 0 Å². The number of nitrogens with zero attached hydrogens (tertiary/aromatic N) is 1. The highest BCUT2D eigenvalue weighted by Gasteiger charge is 2.30. The highest BCUT2D eigenvalue weighted by Crippen LogP contribution is 2.43. The fourth-order valence-corrected chi connectivity index (χ4v) is 8.94. The Hall–Kier alpha value is -2.03. The van der Waals surface area contributed by atoms with E-state index in [1.54, 1.807) is 0 Å². The average molecular weight is 993 g/mol. The van der Waals surface area contributed by atoms with Crippen molar-refractivity contribution in [1.29, 1.82) is 0 Å². The van der Waals surface area contributed by atoms with Gasteiger partial charge in [0.2, 0.25) is 5.91 Å². The van der Waals surface area contributed by atoms with Crippen LogP contribution in [0.4, 0.5) is 0 Å². The third-order valence-electron chi connectivity index (χ3n) is 12.7. The molecule has 0 aliphatic carbocycles. The van der Waals surface area contributed by atoms with Crippen molar-refractivity contribution in [3.63, 3.8) is 0 Å². The molecule has 0 heterocycles. The van der Waals surface area contributed by atoms with Crippen LogP contribution in [-0.4, -0.2) is 74.3 Å². The molecule has 0 bridgehead atoms. The molecule has 0 aromatic heterocycles. The van der Waals surface area contributed by atoms with E-state index in [4.69, 9.17) is 13.8 Å². The van der Waals surface area contributed by atoms with Crippen LogP contribution >= 0.6 is 7.82 Å². The fourth-order valence-electron chi connectivity index (χ4n) is 8.20. The first-order valence-electron chi connectivity index (χ1n) is 29.0. The summed E-state index contributed by atoms with van der Waals surface area (Å²) in [4.78, 5) is 37.6. The number of nitrogens with one attached hydrogen (secondary N) is 1. The average Bonchev–Trinajstić information content (AvgIpc) is 3.31. The molecule has 0 aromatic rings. The summed E-state index contributed by atoms with van der Waals surface area (Å²) < 4.78 is 30.6. The Morgan fingerprint density at radius 1 is 0.507 bits per heavy atom. The molecule has 69 heavy (non-hydrogen) atoms. The quantitative estimate of drug-likeness (QED) is 0.0205. The predicted molar refractivity (Wildman–Crippen MR) is 295 cm³/mol. The molecule has 0 radical (unpaired) electrons. The van der Waals surface area contributed by atoms with Crippen LogP contribution in [0.25, 0.3) is 0 Å². The number of allylic oxidation sites excluding steroid dienone is 7. The lowest BCUT2D eigenvalue weighted by atomic mass is 10.0. The van der Waals surface area contributed by atoms with Gasteiger partial charge in [-0.05, 0) is 89.5 Å². The molecule has 0 aliphatic rings. The molecule has 0 rings (SSSR count). The van der Waals surface area contributed by atoms with Crippen molar-refractivity contribution in [1.82, 2.24) is 5.32 Å². The minimum absolute atomic E-state index is 0.0363. The summed E-state index contributed by atoms with van der Waals surface area (Å²) in [6.07, 6.45) is 59.5. The lowest BCUT2D eigenvalue weighted by Gasteiger charge is -2.27. The van der Waals surface area contributed by atoms with Crippen molar-refractivity contribution in [2.75, 3.05) is 40.9 Å². The topological polar surface area (TPSA) is 111 Å². The molecular weight excluding hydrogens is 880 g/mol. The van der Waals surface area contributed by atoms with Crippen LogP contribution in [0.2, 0.25) is 0 Å². The number of carbonyl (C=O) groups excluding carboxylic acids is 2. The highest BCUT2D eigenvalue weighted by atomic mass is 31.2. The Morgan fingerprint density at radius 2 is 0.884 bits per heavy atom. The molecule has 0 spiro atoms. The van der Waals surface area contributed by atoms with Gasteiger partial charge in [0.1, 0.15) is 19.3 Å². The number of phosphoric acid groups is 1. The number of amides is 1. The second kappa shape index (κ2) is 49.5. The number of rotatable bonds is 52. The molecule has 0 saturated carbocycles.